The molecule has 88 valence electrons. The Bertz CT molecular complexity index is 198. The van der Waals surface area contributed by atoms with Gasteiger partial charge in [0, 0.05) is 0 Å². The van der Waals surface area contributed by atoms with Crippen LogP contribution in [-0.2, 0) is 4.79 Å². The first-order valence-corrected chi connectivity index (χ1v) is 6.09. The van der Waals surface area contributed by atoms with E-state index in [1.54, 1.807) is 0 Å². The topological polar surface area (TPSA) is 49.3 Å². The van der Waals surface area contributed by atoms with Crippen LogP contribution < -0.4 is 5.32 Å². The maximum absolute atomic E-state index is 10.8. The van der Waals surface area contributed by atoms with Gasteiger partial charge in [0.25, 0.3) is 0 Å². The zero-order chi connectivity index (χ0) is 11.3. The molecule has 0 radical (unpaired) electrons. The van der Waals surface area contributed by atoms with E-state index in [1.807, 2.05) is 6.92 Å². The van der Waals surface area contributed by atoms with E-state index in [0.717, 1.165) is 12.5 Å². The molecule has 2 N–H and O–H groups in total. The summed E-state index contributed by atoms with van der Waals surface area (Å²) in [5.74, 6) is 0.832. The SMILES string of the molecule is CCC(NCC1CCC(C)CC1)C(=O)O. The molecule has 1 unspecified atom stereocenters. The third-order valence-corrected chi connectivity index (χ3v) is 3.49. The molecular formula is C12H23NO2. The van der Waals surface area contributed by atoms with Crippen molar-refractivity contribution < 1.29 is 9.90 Å². The Morgan fingerprint density at radius 1 is 1.40 bits per heavy atom. The molecule has 1 atom stereocenters. The molecule has 0 aliphatic heterocycles. The van der Waals surface area contributed by atoms with Gasteiger partial charge in [0.2, 0.25) is 0 Å². The summed E-state index contributed by atoms with van der Waals surface area (Å²) < 4.78 is 0. The molecular weight excluding hydrogens is 190 g/mol. The van der Waals surface area contributed by atoms with Crippen molar-refractivity contribution in [3.63, 3.8) is 0 Å². The Morgan fingerprint density at radius 2 is 2.00 bits per heavy atom. The van der Waals surface area contributed by atoms with E-state index in [4.69, 9.17) is 5.11 Å². The molecule has 1 fully saturated rings. The molecule has 1 saturated carbocycles. The molecule has 0 amide bonds. The quantitative estimate of drug-likeness (QED) is 0.736. The number of hydrogen-bond acceptors (Lipinski definition) is 2. The summed E-state index contributed by atoms with van der Waals surface area (Å²) >= 11 is 0. The molecule has 1 aliphatic carbocycles. The number of carbonyl (C=O) groups is 1. The standard InChI is InChI=1S/C12H23NO2/c1-3-11(12(14)15)13-8-10-6-4-9(2)5-7-10/h9-11,13H,3-8H2,1-2H3,(H,14,15). The van der Waals surface area contributed by atoms with Crippen LogP contribution in [0.2, 0.25) is 0 Å². The molecule has 0 saturated heterocycles. The molecule has 0 aromatic heterocycles. The lowest BCUT2D eigenvalue weighted by molar-refractivity contribution is -0.139. The van der Waals surface area contributed by atoms with Crippen LogP contribution in [0.1, 0.15) is 46.0 Å². The number of hydrogen-bond donors (Lipinski definition) is 2. The molecule has 0 aromatic carbocycles. The van der Waals surface area contributed by atoms with Crippen LogP contribution in [0.4, 0.5) is 0 Å². The van der Waals surface area contributed by atoms with Crippen LogP contribution >= 0.6 is 0 Å². The Hall–Kier alpha value is -0.570. The zero-order valence-electron chi connectivity index (χ0n) is 9.83. The lowest BCUT2D eigenvalue weighted by Crippen LogP contribution is -2.39. The second-order valence-electron chi connectivity index (χ2n) is 4.83. The smallest absolute Gasteiger partial charge is 0.320 e. The Kier molecular flexibility index (Phi) is 5.09. The van der Waals surface area contributed by atoms with Gasteiger partial charge in [-0.05, 0) is 37.6 Å². The van der Waals surface area contributed by atoms with Gasteiger partial charge in [-0.15, -0.1) is 0 Å². The van der Waals surface area contributed by atoms with Gasteiger partial charge >= 0.3 is 5.97 Å². The summed E-state index contributed by atoms with van der Waals surface area (Å²) in [5.41, 5.74) is 0. The lowest BCUT2D eigenvalue weighted by atomic mass is 9.83. The van der Waals surface area contributed by atoms with Crippen molar-refractivity contribution in [3.05, 3.63) is 0 Å². The van der Waals surface area contributed by atoms with E-state index in [0.29, 0.717) is 12.3 Å². The third-order valence-electron chi connectivity index (χ3n) is 3.49. The summed E-state index contributed by atoms with van der Waals surface area (Å²) in [6.07, 6.45) is 5.78. The van der Waals surface area contributed by atoms with Crippen molar-refractivity contribution in [1.29, 1.82) is 0 Å². The summed E-state index contributed by atoms with van der Waals surface area (Å²) in [7, 11) is 0. The van der Waals surface area contributed by atoms with Crippen molar-refractivity contribution in [2.75, 3.05) is 6.54 Å². The number of carboxylic acids is 1. The van der Waals surface area contributed by atoms with Crippen LogP contribution in [0.25, 0.3) is 0 Å². The third kappa shape index (κ3) is 4.20. The lowest BCUT2D eigenvalue weighted by Gasteiger charge is -2.27. The van der Waals surface area contributed by atoms with Gasteiger partial charge in [-0.2, -0.15) is 0 Å². The van der Waals surface area contributed by atoms with E-state index in [9.17, 15) is 4.79 Å². The second kappa shape index (κ2) is 6.11. The van der Waals surface area contributed by atoms with Crippen molar-refractivity contribution in [2.45, 2.75) is 52.0 Å². The van der Waals surface area contributed by atoms with Crippen LogP contribution in [0.15, 0.2) is 0 Å². The van der Waals surface area contributed by atoms with Gasteiger partial charge in [-0.1, -0.05) is 26.7 Å². The molecule has 15 heavy (non-hydrogen) atoms. The fourth-order valence-electron chi connectivity index (χ4n) is 2.25. The highest BCUT2D eigenvalue weighted by Gasteiger charge is 2.20. The van der Waals surface area contributed by atoms with Crippen molar-refractivity contribution in [1.82, 2.24) is 5.32 Å². The fourth-order valence-corrected chi connectivity index (χ4v) is 2.25. The van der Waals surface area contributed by atoms with E-state index < -0.39 is 5.97 Å². The number of nitrogens with one attached hydrogen (secondary N) is 1. The molecule has 0 bridgehead atoms. The first-order valence-electron chi connectivity index (χ1n) is 6.09. The largest absolute Gasteiger partial charge is 0.480 e. The first-order chi connectivity index (χ1) is 7.13. The minimum atomic E-state index is -0.721. The summed E-state index contributed by atoms with van der Waals surface area (Å²) in [6.45, 7) is 5.09. The van der Waals surface area contributed by atoms with E-state index >= 15 is 0 Å². The fraction of sp³-hybridized carbons (Fsp3) is 0.917. The average Bonchev–Trinajstić information content (AvgIpc) is 2.21. The van der Waals surface area contributed by atoms with E-state index in [-0.39, 0.29) is 6.04 Å². The van der Waals surface area contributed by atoms with Crippen LogP contribution in [-0.4, -0.2) is 23.7 Å². The second-order valence-corrected chi connectivity index (χ2v) is 4.83. The molecule has 0 spiro atoms. The molecule has 0 heterocycles. The molecule has 1 aliphatic rings. The normalized spacial score (nSPS) is 28.7. The zero-order valence-corrected chi connectivity index (χ0v) is 9.83. The van der Waals surface area contributed by atoms with E-state index in [1.165, 1.54) is 25.7 Å². The van der Waals surface area contributed by atoms with Crippen LogP contribution in [0.5, 0.6) is 0 Å². The van der Waals surface area contributed by atoms with Crippen molar-refractivity contribution in [2.24, 2.45) is 11.8 Å². The molecule has 0 aromatic rings. The van der Waals surface area contributed by atoms with E-state index in [2.05, 4.69) is 12.2 Å². The minimum Gasteiger partial charge on any atom is -0.480 e. The average molecular weight is 213 g/mol. The highest BCUT2D eigenvalue weighted by atomic mass is 16.4. The predicted molar refractivity (Wildman–Crippen MR) is 60.8 cm³/mol. The number of aliphatic carboxylic acids is 1. The van der Waals surface area contributed by atoms with Gasteiger partial charge in [-0.25, -0.2) is 0 Å². The monoisotopic (exact) mass is 213 g/mol. The van der Waals surface area contributed by atoms with Gasteiger partial charge in [-0.3, -0.25) is 4.79 Å². The van der Waals surface area contributed by atoms with Gasteiger partial charge in [0.05, 0.1) is 0 Å². The van der Waals surface area contributed by atoms with Crippen molar-refractivity contribution >= 4 is 5.97 Å². The highest BCUT2D eigenvalue weighted by Crippen LogP contribution is 2.27. The van der Waals surface area contributed by atoms with Crippen LogP contribution in [0, 0.1) is 11.8 Å². The summed E-state index contributed by atoms with van der Waals surface area (Å²) in [5, 5.41) is 12.0. The first kappa shape index (κ1) is 12.5. The maximum atomic E-state index is 10.8. The Balaban J connectivity index is 2.21. The van der Waals surface area contributed by atoms with Gasteiger partial charge in [0.15, 0.2) is 0 Å². The number of carboxylic acid groups (broad SMARTS) is 1. The predicted octanol–water partition coefficient (Wildman–Crippen LogP) is 2.27. The van der Waals surface area contributed by atoms with Crippen LogP contribution in [0.3, 0.4) is 0 Å². The van der Waals surface area contributed by atoms with Crippen molar-refractivity contribution in [3.8, 4) is 0 Å². The molecule has 1 rings (SSSR count). The minimum absolute atomic E-state index is 0.357. The molecule has 3 heteroatoms. The number of rotatable bonds is 5. The Morgan fingerprint density at radius 3 is 2.47 bits per heavy atom. The molecule has 3 nitrogen and oxygen atoms in total. The van der Waals surface area contributed by atoms with Gasteiger partial charge in [0.1, 0.15) is 6.04 Å². The highest BCUT2D eigenvalue weighted by molar-refractivity contribution is 5.73. The maximum Gasteiger partial charge on any atom is 0.320 e. The van der Waals surface area contributed by atoms with Gasteiger partial charge < -0.3 is 10.4 Å². The summed E-state index contributed by atoms with van der Waals surface area (Å²) in [6, 6.07) is -0.357. The summed E-state index contributed by atoms with van der Waals surface area (Å²) in [4.78, 5) is 10.8. The Labute approximate surface area is 92.3 Å².